The van der Waals surface area contributed by atoms with E-state index in [0.717, 1.165) is 38.8 Å². The molecule has 2 heterocycles. The first-order chi connectivity index (χ1) is 14.8. The topological polar surface area (TPSA) is 59.4 Å². The van der Waals surface area contributed by atoms with E-state index in [1.165, 1.54) is 30.5 Å². The van der Waals surface area contributed by atoms with Gasteiger partial charge >= 0.3 is 0 Å². The molecule has 4 rings (SSSR count). The second kappa shape index (κ2) is 8.63. The van der Waals surface area contributed by atoms with E-state index in [2.05, 4.69) is 0 Å². The van der Waals surface area contributed by atoms with Crippen molar-refractivity contribution in [3.8, 4) is 0 Å². The second-order valence-corrected chi connectivity index (χ2v) is 10.1. The average molecular weight is 463 g/mol. The van der Waals surface area contributed by atoms with Crippen molar-refractivity contribution < 1.29 is 12.8 Å². The molecule has 1 aliphatic rings. The highest BCUT2D eigenvalue weighted by Crippen LogP contribution is 2.29. The third-order valence-corrected chi connectivity index (χ3v) is 7.78. The van der Waals surface area contributed by atoms with Crippen molar-refractivity contribution in [2.75, 3.05) is 18.0 Å². The number of aryl methyl sites for hydroxylation is 1. The predicted octanol–water partition coefficient (Wildman–Crippen LogP) is 5.03. The molecule has 1 fully saturated rings. The zero-order valence-corrected chi connectivity index (χ0v) is 18.8. The average Bonchev–Trinajstić information content (AvgIpc) is 3.03. The van der Waals surface area contributed by atoms with Crippen molar-refractivity contribution in [1.82, 2.24) is 4.57 Å². The molecule has 0 aliphatic carbocycles. The van der Waals surface area contributed by atoms with Gasteiger partial charge in [0.1, 0.15) is 10.7 Å². The van der Waals surface area contributed by atoms with Crippen LogP contribution in [0.25, 0.3) is 10.9 Å². The van der Waals surface area contributed by atoms with Gasteiger partial charge in [-0.25, -0.2) is 12.8 Å². The zero-order valence-electron chi connectivity index (χ0n) is 17.3. The number of benzene rings is 2. The monoisotopic (exact) mass is 462 g/mol. The molecular formula is C23H24ClFN2O3S. The Kier molecular flexibility index (Phi) is 6.08. The normalized spacial score (nSPS) is 15.3. The number of hydrogen-bond acceptors (Lipinski definition) is 4. The minimum absolute atomic E-state index is 0.0565. The molecule has 2 aromatic carbocycles. The Morgan fingerprint density at radius 1 is 1.06 bits per heavy atom. The van der Waals surface area contributed by atoms with Crippen LogP contribution in [0.1, 0.15) is 32.6 Å². The summed E-state index contributed by atoms with van der Waals surface area (Å²) in [6, 6.07) is 8.63. The molecule has 0 spiro atoms. The number of hydrogen-bond donors (Lipinski definition) is 0. The van der Waals surface area contributed by atoms with E-state index >= 15 is 4.39 Å². The number of fused-ring (bicyclic) bond motifs is 1. The van der Waals surface area contributed by atoms with Crippen LogP contribution in [0, 0.1) is 5.82 Å². The SMILES string of the molecule is CCn1cc(S(=O)(=O)c2cccc(Cl)c2)c(=O)c2cc(F)c(N3CCCCCC3)cc21. The summed E-state index contributed by atoms with van der Waals surface area (Å²) in [6.07, 6.45) is 5.58. The van der Waals surface area contributed by atoms with Crippen molar-refractivity contribution in [2.45, 2.75) is 48.9 Å². The van der Waals surface area contributed by atoms with Crippen molar-refractivity contribution in [2.24, 2.45) is 0 Å². The molecule has 0 radical (unpaired) electrons. The van der Waals surface area contributed by atoms with Crippen LogP contribution in [0.5, 0.6) is 0 Å². The predicted molar refractivity (Wildman–Crippen MR) is 121 cm³/mol. The lowest BCUT2D eigenvalue weighted by Gasteiger charge is -2.24. The summed E-state index contributed by atoms with van der Waals surface area (Å²) < 4.78 is 43.2. The maximum Gasteiger partial charge on any atom is 0.211 e. The molecule has 3 aromatic rings. The number of halogens is 2. The fourth-order valence-electron chi connectivity index (χ4n) is 4.14. The molecule has 0 atom stereocenters. The third kappa shape index (κ3) is 4.08. The Morgan fingerprint density at radius 2 is 1.77 bits per heavy atom. The van der Waals surface area contributed by atoms with Crippen LogP contribution in [-0.2, 0) is 16.4 Å². The Balaban J connectivity index is 1.92. The van der Waals surface area contributed by atoms with E-state index in [9.17, 15) is 13.2 Å². The molecule has 0 bridgehead atoms. The van der Waals surface area contributed by atoms with Crippen LogP contribution in [-0.4, -0.2) is 26.1 Å². The highest BCUT2D eigenvalue weighted by molar-refractivity contribution is 7.91. The molecule has 1 aromatic heterocycles. The van der Waals surface area contributed by atoms with E-state index in [-0.39, 0.29) is 20.2 Å². The molecule has 8 heteroatoms. The van der Waals surface area contributed by atoms with Crippen LogP contribution in [0.2, 0.25) is 5.02 Å². The molecular weight excluding hydrogens is 439 g/mol. The fraction of sp³-hybridized carbons (Fsp3) is 0.348. The lowest BCUT2D eigenvalue weighted by molar-refractivity contribution is 0.593. The van der Waals surface area contributed by atoms with Crippen molar-refractivity contribution >= 4 is 38.0 Å². The maximum absolute atomic E-state index is 15.1. The first-order valence-electron chi connectivity index (χ1n) is 10.4. The Bertz CT molecular complexity index is 1300. The lowest BCUT2D eigenvalue weighted by atomic mass is 10.1. The second-order valence-electron chi connectivity index (χ2n) is 7.79. The van der Waals surface area contributed by atoms with Gasteiger partial charge in [0.2, 0.25) is 15.3 Å². The highest BCUT2D eigenvalue weighted by atomic mass is 35.5. The molecule has 164 valence electrons. The van der Waals surface area contributed by atoms with Gasteiger partial charge in [-0.1, -0.05) is 30.5 Å². The first kappa shape index (κ1) is 21.8. The summed E-state index contributed by atoms with van der Waals surface area (Å²) >= 11 is 5.95. The van der Waals surface area contributed by atoms with Gasteiger partial charge in [-0.15, -0.1) is 0 Å². The largest absolute Gasteiger partial charge is 0.369 e. The third-order valence-electron chi connectivity index (χ3n) is 5.80. The molecule has 0 saturated carbocycles. The number of pyridine rings is 1. The van der Waals surface area contributed by atoms with Crippen LogP contribution in [0.3, 0.4) is 0 Å². The maximum atomic E-state index is 15.1. The summed E-state index contributed by atoms with van der Waals surface area (Å²) in [6.45, 7) is 3.81. The molecule has 0 unspecified atom stereocenters. The van der Waals surface area contributed by atoms with Gasteiger partial charge in [-0.3, -0.25) is 4.79 Å². The lowest BCUT2D eigenvalue weighted by Crippen LogP contribution is -2.26. The van der Waals surface area contributed by atoms with Crippen molar-refractivity contribution in [1.29, 1.82) is 0 Å². The van der Waals surface area contributed by atoms with E-state index in [1.807, 2.05) is 11.8 Å². The number of anilines is 1. The van der Waals surface area contributed by atoms with E-state index < -0.39 is 21.1 Å². The molecule has 1 saturated heterocycles. The first-order valence-corrected chi connectivity index (χ1v) is 12.3. The number of sulfone groups is 1. The Hall–Kier alpha value is -2.38. The van der Waals surface area contributed by atoms with Crippen LogP contribution in [0.15, 0.2) is 57.2 Å². The molecule has 1 aliphatic heterocycles. The summed E-state index contributed by atoms with van der Waals surface area (Å²) in [5.41, 5.74) is 0.278. The van der Waals surface area contributed by atoms with Crippen molar-refractivity contribution in [3.63, 3.8) is 0 Å². The van der Waals surface area contributed by atoms with Gasteiger partial charge in [-0.05, 0) is 50.1 Å². The molecule has 0 N–H and O–H groups in total. The Labute approximate surface area is 186 Å². The number of aromatic nitrogens is 1. The molecule has 0 amide bonds. The van der Waals surface area contributed by atoms with Gasteiger partial charge in [0.25, 0.3) is 0 Å². The standard InChI is InChI=1S/C23H24ClFN2O3S/c1-2-26-15-22(31(29,30)17-9-7-8-16(24)12-17)23(28)18-13-19(25)21(14-20(18)26)27-10-5-3-4-6-11-27/h7-9,12-15H,2-6,10-11H2,1H3. The van der Waals surface area contributed by atoms with E-state index in [1.54, 1.807) is 16.7 Å². The van der Waals surface area contributed by atoms with E-state index in [4.69, 9.17) is 11.6 Å². The van der Waals surface area contributed by atoms with E-state index in [0.29, 0.717) is 17.7 Å². The minimum Gasteiger partial charge on any atom is -0.369 e. The minimum atomic E-state index is -4.12. The van der Waals surface area contributed by atoms with Crippen LogP contribution in [0.4, 0.5) is 10.1 Å². The van der Waals surface area contributed by atoms with Gasteiger partial charge in [0.05, 0.1) is 21.5 Å². The Morgan fingerprint density at radius 3 is 2.42 bits per heavy atom. The van der Waals surface area contributed by atoms with Crippen molar-refractivity contribution in [3.05, 3.63) is 63.7 Å². The smallest absolute Gasteiger partial charge is 0.211 e. The summed E-state index contributed by atoms with van der Waals surface area (Å²) in [7, 11) is -4.12. The summed E-state index contributed by atoms with van der Waals surface area (Å²) in [4.78, 5) is 14.8. The molecule has 5 nitrogen and oxygen atoms in total. The summed E-state index contributed by atoms with van der Waals surface area (Å²) in [5.74, 6) is -0.508. The van der Waals surface area contributed by atoms with Gasteiger partial charge < -0.3 is 9.47 Å². The molecule has 31 heavy (non-hydrogen) atoms. The van der Waals surface area contributed by atoms with Gasteiger partial charge in [0.15, 0.2) is 0 Å². The fourth-order valence-corrected chi connectivity index (χ4v) is 5.81. The zero-order chi connectivity index (χ0) is 22.2. The number of nitrogens with zero attached hydrogens (tertiary/aromatic N) is 2. The summed E-state index contributed by atoms with van der Waals surface area (Å²) in [5, 5.41) is 0.312. The van der Waals surface area contributed by atoms with Gasteiger partial charge in [0, 0.05) is 30.9 Å². The van der Waals surface area contributed by atoms with Crippen LogP contribution >= 0.6 is 11.6 Å². The highest BCUT2D eigenvalue weighted by Gasteiger charge is 2.25. The van der Waals surface area contributed by atoms with Gasteiger partial charge in [-0.2, -0.15) is 0 Å². The quantitative estimate of drug-likeness (QED) is 0.545. The van der Waals surface area contributed by atoms with Crippen LogP contribution < -0.4 is 10.3 Å². The number of rotatable bonds is 4.